The van der Waals surface area contributed by atoms with Crippen molar-refractivity contribution in [2.75, 3.05) is 17.3 Å². The van der Waals surface area contributed by atoms with Gasteiger partial charge in [-0.1, -0.05) is 23.4 Å². The number of fused-ring (bicyclic) bond motifs is 2. The molecule has 5 aromatic rings. The van der Waals surface area contributed by atoms with Crippen LogP contribution >= 0.6 is 0 Å². The Bertz CT molecular complexity index is 1340. The highest BCUT2D eigenvalue weighted by Crippen LogP contribution is 2.27. The first kappa shape index (κ1) is 17.9. The molecule has 0 unspecified atom stereocenters. The van der Waals surface area contributed by atoms with Crippen molar-refractivity contribution >= 4 is 45.1 Å². The van der Waals surface area contributed by atoms with Gasteiger partial charge in [0.1, 0.15) is 11.2 Å². The molecule has 30 heavy (non-hydrogen) atoms. The number of para-hydroxylation sites is 1. The van der Waals surface area contributed by atoms with Gasteiger partial charge >= 0.3 is 0 Å². The number of nitrogens with zero attached hydrogens (tertiary/aromatic N) is 4. The molecule has 1 amide bonds. The van der Waals surface area contributed by atoms with E-state index in [1.807, 2.05) is 60.7 Å². The van der Waals surface area contributed by atoms with Crippen LogP contribution in [0.3, 0.4) is 0 Å². The van der Waals surface area contributed by atoms with Crippen molar-refractivity contribution in [3.63, 3.8) is 0 Å². The molecule has 148 valence electrons. The number of amides is 1. The fourth-order valence-corrected chi connectivity index (χ4v) is 3.33. The summed E-state index contributed by atoms with van der Waals surface area (Å²) in [5, 5.41) is 15.4. The quantitative estimate of drug-likeness (QED) is 0.463. The van der Waals surface area contributed by atoms with Crippen molar-refractivity contribution in [1.29, 1.82) is 0 Å². The molecule has 8 heteroatoms. The van der Waals surface area contributed by atoms with E-state index in [2.05, 4.69) is 25.7 Å². The van der Waals surface area contributed by atoms with Crippen LogP contribution in [0.15, 0.2) is 71.4 Å². The second-order valence-corrected chi connectivity index (χ2v) is 6.90. The molecule has 0 aliphatic carbocycles. The minimum atomic E-state index is -0.0623. The van der Waals surface area contributed by atoms with Gasteiger partial charge in [-0.15, -0.1) is 0 Å². The molecule has 0 radical (unpaired) electrons. The van der Waals surface area contributed by atoms with Gasteiger partial charge in [-0.2, -0.15) is 5.10 Å². The normalized spacial score (nSPS) is 11.1. The Balaban J connectivity index is 1.37. The number of nitrogens with one attached hydrogen (secondary N) is 2. The molecule has 0 saturated heterocycles. The topological polar surface area (TPSA) is 99.9 Å². The van der Waals surface area contributed by atoms with Crippen molar-refractivity contribution in [3.05, 3.63) is 72.6 Å². The average molecular weight is 398 g/mol. The minimum absolute atomic E-state index is 0.0623. The van der Waals surface area contributed by atoms with Gasteiger partial charge in [0.15, 0.2) is 11.4 Å². The van der Waals surface area contributed by atoms with Crippen molar-refractivity contribution in [2.24, 2.45) is 0 Å². The van der Waals surface area contributed by atoms with Crippen molar-refractivity contribution in [2.45, 2.75) is 6.42 Å². The lowest BCUT2D eigenvalue weighted by Gasteiger charge is -2.16. The van der Waals surface area contributed by atoms with E-state index in [4.69, 9.17) is 4.52 Å². The van der Waals surface area contributed by atoms with E-state index in [1.165, 1.54) is 0 Å². The summed E-state index contributed by atoms with van der Waals surface area (Å²) >= 11 is 0. The molecule has 0 bridgehead atoms. The molecular weight excluding hydrogens is 380 g/mol. The number of hydrogen-bond donors (Lipinski definition) is 2. The monoisotopic (exact) mass is 398 g/mol. The molecule has 0 spiro atoms. The fraction of sp³-hybridized carbons (Fsp3) is 0.0909. The highest BCUT2D eigenvalue weighted by molar-refractivity contribution is 5.97. The predicted molar refractivity (Wildman–Crippen MR) is 115 cm³/mol. The van der Waals surface area contributed by atoms with E-state index in [-0.39, 0.29) is 12.3 Å². The van der Waals surface area contributed by atoms with E-state index in [0.717, 1.165) is 27.8 Å². The van der Waals surface area contributed by atoms with Crippen LogP contribution in [0.5, 0.6) is 0 Å². The smallest absolute Gasteiger partial charge is 0.232 e. The zero-order valence-corrected chi connectivity index (χ0v) is 16.2. The summed E-state index contributed by atoms with van der Waals surface area (Å²) < 4.78 is 5.48. The summed E-state index contributed by atoms with van der Waals surface area (Å²) in [7, 11) is 1.75. The molecule has 0 saturated carbocycles. The second kappa shape index (κ2) is 7.32. The predicted octanol–water partition coefficient (Wildman–Crippen LogP) is 4.05. The van der Waals surface area contributed by atoms with E-state index in [0.29, 0.717) is 17.1 Å². The molecule has 3 aromatic heterocycles. The van der Waals surface area contributed by atoms with Gasteiger partial charge in [-0.05, 0) is 36.4 Å². The first-order valence-corrected chi connectivity index (χ1v) is 9.45. The number of rotatable bonds is 5. The third-order valence-corrected chi connectivity index (χ3v) is 4.97. The molecule has 3 heterocycles. The molecule has 2 N–H and O–H groups in total. The summed E-state index contributed by atoms with van der Waals surface area (Å²) in [5.41, 5.74) is 4.43. The Morgan fingerprint density at radius 2 is 2.00 bits per heavy atom. The van der Waals surface area contributed by atoms with Gasteiger partial charge in [-0.3, -0.25) is 14.9 Å². The summed E-state index contributed by atoms with van der Waals surface area (Å²) in [6, 6.07) is 18.9. The zero-order valence-electron chi connectivity index (χ0n) is 16.2. The lowest BCUT2D eigenvalue weighted by Crippen LogP contribution is -2.27. The van der Waals surface area contributed by atoms with E-state index in [1.54, 1.807) is 18.1 Å². The minimum Gasteiger partial charge on any atom is -0.356 e. The third kappa shape index (κ3) is 3.24. The van der Waals surface area contributed by atoms with Crippen molar-refractivity contribution in [3.8, 4) is 0 Å². The van der Waals surface area contributed by atoms with Crippen molar-refractivity contribution < 1.29 is 9.32 Å². The van der Waals surface area contributed by atoms with Crippen LogP contribution in [0, 0.1) is 0 Å². The molecule has 0 atom stereocenters. The Kier molecular flexibility index (Phi) is 4.36. The van der Waals surface area contributed by atoms with E-state index >= 15 is 0 Å². The van der Waals surface area contributed by atoms with Gasteiger partial charge in [0.25, 0.3) is 0 Å². The SMILES string of the molecule is CN(C(=O)Cc1noc2cc(Nc3n[nH]c4cccnc34)ccc12)c1ccccc1. The van der Waals surface area contributed by atoms with Gasteiger partial charge in [0.05, 0.1) is 11.9 Å². The Hall–Kier alpha value is -4.20. The van der Waals surface area contributed by atoms with Gasteiger partial charge in [0, 0.05) is 36.1 Å². The lowest BCUT2D eigenvalue weighted by molar-refractivity contribution is -0.117. The maximum Gasteiger partial charge on any atom is 0.232 e. The molecule has 0 aliphatic rings. The van der Waals surface area contributed by atoms with Gasteiger partial charge in [-0.25, -0.2) is 0 Å². The number of aromatic amines is 1. The van der Waals surface area contributed by atoms with Crippen LogP contribution in [0.25, 0.3) is 22.0 Å². The average Bonchev–Trinajstić information content (AvgIpc) is 3.38. The largest absolute Gasteiger partial charge is 0.356 e. The maximum atomic E-state index is 12.7. The second-order valence-electron chi connectivity index (χ2n) is 6.90. The van der Waals surface area contributed by atoms with E-state index < -0.39 is 0 Å². The number of hydrogen-bond acceptors (Lipinski definition) is 6. The number of pyridine rings is 1. The van der Waals surface area contributed by atoms with Crippen LogP contribution in [-0.4, -0.2) is 33.3 Å². The molecule has 8 nitrogen and oxygen atoms in total. The van der Waals surface area contributed by atoms with Gasteiger partial charge in [0.2, 0.25) is 5.91 Å². The van der Waals surface area contributed by atoms with Crippen LogP contribution in [0.1, 0.15) is 5.69 Å². The molecule has 0 fully saturated rings. The summed E-state index contributed by atoms with van der Waals surface area (Å²) in [6.07, 6.45) is 1.87. The number of carbonyl (C=O) groups excluding carboxylic acids is 1. The van der Waals surface area contributed by atoms with E-state index in [9.17, 15) is 4.79 Å². The number of likely N-dealkylation sites (N-methyl/N-ethyl adjacent to an activating group) is 1. The summed E-state index contributed by atoms with van der Waals surface area (Å²) in [5.74, 6) is 0.567. The molecule has 0 aliphatic heterocycles. The third-order valence-electron chi connectivity index (χ3n) is 4.97. The highest BCUT2D eigenvalue weighted by atomic mass is 16.5. The Labute approximate surface area is 171 Å². The number of aromatic nitrogens is 4. The number of benzene rings is 2. The first-order chi connectivity index (χ1) is 14.7. The standard InChI is InChI=1S/C22H18N6O2/c1-28(15-6-3-2-4-7-15)20(29)13-18-16-10-9-14(12-19(16)30-27-18)24-22-21-17(25-26-22)8-5-11-23-21/h2-12H,13H2,1H3,(H2,24,25,26). The number of H-pyrrole nitrogens is 1. The fourth-order valence-electron chi connectivity index (χ4n) is 3.33. The Morgan fingerprint density at radius 1 is 1.13 bits per heavy atom. The van der Waals surface area contributed by atoms with Crippen LogP contribution in [-0.2, 0) is 11.2 Å². The lowest BCUT2D eigenvalue weighted by atomic mass is 10.1. The first-order valence-electron chi connectivity index (χ1n) is 9.45. The summed E-state index contributed by atoms with van der Waals surface area (Å²) in [4.78, 5) is 18.6. The van der Waals surface area contributed by atoms with Gasteiger partial charge < -0.3 is 14.7 Å². The molecular formula is C22H18N6O2. The molecule has 2 aromatic carbocycles. The number of anilines is 3. The zero-order chi connectivity index (χ0) is 20.5. The summed E-state index contributed by atoms with van der Waals surface area (Å²) in [6.45, 7) is 0. The van der Waals surface area contributed by atoms with Crippen LogP contribution < -0.4 is 10.2 Å². The molecule has 5 rings (SSSR count). The van der Waals surface area contributed by atoms with Crippen LogP contribution in [0.4, 0.5) is 17.2 Å². The maximum absolute atomic E-state index is 12.7. The highest BCUT2D eigenvalue weighted by Gasteiger charge is 2.17. The Morgan fingerprint density at radius 3 is 2.87 bits per heavy atom. The number of carbonyl (C=O) groups is 1. The van der Waals surface area contributed by atoms with Crippen LogP contribution in [0.2, 0.25) is 0 Å². The van der Waals surface area contributed by atoms with Crippen molar-refractivity contribution in [1.82, 2.24) is 20.3 Å².